The molecule has 6 heterocycles. The summed E-state index contributed by atoms with van der Waals surface area (Å²) in [5, 5.41) is 30.1. The monoisotopic (exact) mass is 649 g/mol. The molecule has 0 amide bonds. The second-order valence-electron chi connectivity index (χ2n) is 12.5. The number of alkyl halides is 1. The van der Waals surface area contributed by atoms with Crippen molar-refractivity contribution >= 4 is 27.5 Å². The van der Waals surface area contributed by atoms with E-state index in [2.05, 4.69) is 25.8 Å². The van der Waals surface area contributed by atoms with E-state index in [9.17, 15) is 24.1 Å². The Morgan fingerprint density at radius 2 is 1.89 bits per heavy atom. The molecule has 10 nitrogen and oxygen atoms in total. The number of anilines is 1. The zero-order valence-electron chi connectivity index (χ0n) is 25.7. The fourth-order valence-corrected chi connectivity index (χ4v) is 7.32. The fourth-order valence-electron chi connectivity index (χ4n) is 7.32. The smallest absolute Gasteiger partial charge is 0.318 e. The van der Waals surface area contributed by atoms with E-state index in [0.29, 0.717) is 42.5 Å². The van der Waals surface area contributed by atoms with Crippen LogP contribution >= 0.6 is 0 Å². The molecule has 2 aromatic heterocycles. The number of aliphatic hydroxyl groups is 2. The molecule has 0 saturated carbocycles. The highest BCUT2D eigenvalue weighted by Gasteiger charge is 2.49. The highest BCUT2D eigenvalue weighted by molar-refractivity contribution is 6.04. The number of methoxy groups -OCH3 is 1. The van der Waals surface area contributed by atoms with Gasteiger partial charge < -0.3 is 29.7 Å². The Kier molecular flexibility index (Phi) is 7.98. The van der Waals surface area contributed by atoms with Gasteiger partial charge >= 0.3 is 6.01 Å². The third-order valence-electron chi connectivity index (χ3n) is 9.54. The number of ether oxygens (including phenoxy) is 2. The van der Waals surface area contributed by atoms with Crippen molar-refractivity contribution in [1.29, 1.82) is 0 Å². The van der Waals surface area contributed by atoms with E-state index in [1.807, 2.05) is 0 Å². The average Bonchev–Trinajstić information content (AvgIpc) is 3.39. The first-order valence-corrected chi connectivity index (χ1v) is 15.7. The first kappa shape index (κ1) is 31.2. The standard InChI is InChI=1S/C27H22F2N4O3.C7H12FNO2/c1-3-17-19(28)9-8-14-11-16(34)12-18(20(14)17)23-22(29)24-21-25(32-27(31-24)35-2)33-10-6-4-5-7-15(33)13-36-26(21)30-23;8-5-3-6-1-2-7(10,11)9(6)4-5/h1,8-9,11-12,15,34H,4-7,10,13H2,2H3;5-6,10-11H,1-4H2. The summed E-state index contributed by atoms with van der Waals surface area (Å²) in [6, 6.07) is 5.55. The molecule has 4 aliphatic rings. The van der Waals surface area contributed by atoms with Crippen LogP contribution in [0.4, 0.5) is 19.0 Å². The van der Waals surface area contributed by atoms with Crippen molar-refractivity contribution < 1.29 is 38.0 Å². The summed E-state index contributed by atoms with van der Waals surface area (Å²) < 4.78 is 55.2. The molecule has 4 aromatic rings. The second-order valence-corrected chi connectivity index (χ2v) is 12.5. The van der Waals surface area contributed by atoms with Crippen LogP contribution in [0.2, 0.25) is 0 Å². The zero-order chi connectivity index (χ0) is 33.0. The molecule has 47 heavy (non-hydrogen) atoms. The molecule has 0 radical (unpaired) electrons. The third-order valence-corrected chi connectivity index (χ3v) is 9.54. The van der Waals surface area contributed by atoms with Crippen LogP contribution in [0.15, 0.2) is 24.3 Å². The lowest BCUT2D eigenvalue weighted by molar-refractivity contribution is -0.246. The van der Waals surface area contributed by atoms with Gasteiger partial charge in [0.15, 0.2) is 5.82 Å². The molecule has 0 spiro atoms. The number of phenolic OH excluding ortho intramolecular Hbond substituents is 1. The average molecular weight is 650 g/mol. The molecule has 3 fully saturated rings. The lowest BCUT2D eigenvalue weighted by Crippen LogP contribution is -2.44. The van der Waals surface area contributed by atoms with Crippen LogP contribution in [0.25, 0.3) is 32.9 Å². The summed E-state index contributed by atoms with van der Waals surface area (Å²) in [7, 11) is 1.42. The lowest BCUT2D eigenvalue weighted by atomic mass is 9.95. The van der Waals surface area contributed by atoms with Crippen molar-refractivity contribution in [2.45, 2.75) is 69.1 Å². The number of nitrogens with zero attached hydrogens (tertiary/aromatic N) is 5. The Labute approximate surface area is 268 Å². The summed E-state index contributed by atoms with van der Waals surface area (Å²) in [4.78, 5) is 17.0. The molecule has 3 atom stereocenters. The van der Waals surface area contributed by atoms with Crippen molar-refractivity contribution in [3.63, 3.8) is 0 Å². The van der Waals surface area contributed by atoms with Gasteiger partial charge in [0, 0.05) is 36.5 Å². The minimum atomic E-state index is -1.73. The predicted molar refractivity (Wildman–Crippen MR) is 168 cm³/mol. The van der Waals surface area contributed by atoms with E-state index >= 15 is 4.39 Å². The first-order chi connectivity index (χ1) is 22.6. The number of hydrogen-bond acceptors (Lipinski definition) is 10. The number of aromatic hydroxyl groups is 1. The van der Waals surface area contributed by atoms with Gasteiger partial charge in [-0.25, -0.2) is 23.1 Å². The predicted octanol–water partition coefficient (Wildman–Crippen LogP) is 4.79. The molecule has 246 valence electrons. The summed E-state index contributed by atoms with van der Waals surface area (Å²) in [6.07, 6.45) is 10.3. The highest BCUT2D eigenvalue weighted by Crippen LogP contribution is 2.44. The molecule has 0 aliphatic carbocycles. The zero-order valence-corrected chi connectivity index (χ0v) is 25.7. The van der Waals surface area contributed by atoms with E-state index in [1.165, 1.54) is 36.3 Å². The van der Waals surface area contributed by atoms with Crippen LogP contribution < -0.4 is 14.4 Å². The van der Waals surface area contributed by atoms with Gasteiger partial charge in [0.05, 0.1) is 18.7 Å². The number of hydrogen-bond donors (Lipinski definition) is 3. The molecular formula is C34H34F3N5O5. The Morgan fingerprint density at radius 1 is 1.06 bits per heavy atom. The maximum absolute atomic E-state index is 16.3. The third kappa shape index (κ3) is 5.44. The first-order valence-electron chi connectivity index (χ1n) is 15.7. The number of aromatic nitrogens is 3. The van der Waals surface area contributed by atoms with E-state index in [-0.39, 0.29) is 64.0 Å². The molecule has 0 bridgehead atoms. The minimum Gasteiger partial charge on any atom is -0.508 e. The molecule has 3 unspecified atom stereocenters. The van der Waals surface area contributed by atoms with Crippen molar-refractivity contribution in [3.8, 4) is 41.2 Å². The van der Waals surface area contributed by atoms with E-state index in [0.717, 1.165) is 32.2 Å². The Bertz CT molecular complexity index is 1920. The normalized spacial score (nSPS) is 23.2. The maximum atomic E-state index is 16.3. The SMILES string of the molecule is C#Cc1c(F)ccc2cc(O)cc(-c3nc4c5c(nc(OC)nc5c3F)N3CCCCCC3CO4)c12.OC1(O)CCC2CC(F)CN21. The van der Waals surface area contributed by atoms with Crippen LogP contribution in [-0.2, 0) is 0 Å². The topological polar surface area (TPSA) is 124 Å². The quantitative estimate of drug-likeness (QED) is 0.206. The van der Waals surface area contributed by atoms with Crippen molar-refractivity contribution in [2.75, 3.05) is 31.7 Å². The number of phenols is 1. The number of terminal acetylenes is 1. The Balaban J connectivity index is 0.000000269. The van der Waals surface area contributed by atoms with E-state index < -0.39 is 23.7 Å². The summed E-state index contributed by atoms with van der Waals surface area (Å²) in [5.41, 5.74) is -0.110. The van der Waals surface area contributed by atoms with Gasteiger partial charge in [-0.05, 0) is 49.3 Å². The second kappa shape index (κ2) is 12.0. The molecule has 8 rings (SSSR count). The van der Waals surface area contributed by atoms with Gasteiger partial charge in [-0.3, -0.25) is 0 Å². The van der Waals surface area contributed by atoms with Gasteiger partial charge in [0.1, 0.15) is 46.8 Å². The maximum Gasteiger partial charge on any atom is 0.318 e. The van der Waals surface area contributed by atoms with Crippen molar-refractivity contribution in [2.24, 2.45) is 0 Å². The number of halogens is 3. The van der Waals surface area contributed by atoms with Crippen LogP contribution in [0, 0.1) is 24.0 Å². The van der Waals surface area contributed by atoms with Crippen LogP contribution in [-0.4, -0.2) is 86.1 Å². The number of rotatable bonds is 2. The van der Waals surface area contributed by atoms with Crippen LogP contribution in [0.5, 0.6) is 17.6 Å². The van der Waals surface area contributed by atoms with Crippen molar-refractivity contribution in [3.05, 3.63) is 41.5 Å². The van der Waals surface area contributed by atoms with Gasteiger partial charge in [0.2, 0.25) is 11.8 Å². The summed E-state index contributed by atoms with van der Waals surface area (Å²) >= 11 is 0. The van der Waals surface area contributed by atoms with E-state index in [1.54, 1.807) is 0 Å². The van der Waals surface area contributed by atoms with Gasteiger partial charge in [-0.1, -0.05) is 24.8 Å². The summed E-state index contributed by atoms with van der Waals surface area (Å²) in [5.74, 6) is -0.240. The van der Waals surface area contributed by atoms with Gasteiger partial charge in [-0.2, -0.15) is 9.97 Å². The lowest BCUT2D eigenvalue weighted by Gasteiger charge is -2.28. The Hall–Kier alpha value is -4.38. The van der Waals surface area contributed by atoms with Crippen molar-refractivity contribution in [1.82, 2.24) is 19.9 Å². The number of fused-ring (bicyclic) bond motifs is 4. The van der Waals surface area contributed by atoms with E-state index in [4.69, 9.17) is 15.9 Å². The fraction of sp³-hybridized carbons (Fsp3) is 0.441. The van der Waals surface area contributed by atoms with Gasteiger partial charge in [0.25, 0.3) is 0 Å². The molecule has 3 saturated heterocycles. The molecule has 3 N–H and O–H groups in total. The highest BCUT2D eigenvalue weighted by atomic mass is 19.1. The van der Waals surface area contributed by atoms with Crippen LogP contribution in [0.1, 0.15) is 50.5 Å². The summed E-state index contributed by atoms with van der Waals surface area (Å²) in [6.45, 7) is 1.27. The number of pyridine rings is 1. The minimum absolute atomic E-state index is 0.0144. The largest absolute Gasteiger partial charge is 0.508 e. The molecule has 4 aliphatic heterocycles. The van der Waals surface area contributed by atoms with Gasteiger partial charge in [-0.15, -0.1) is 6.42 Å². The molecule has 13 heteroatoms. The molecule has 2 aromatic carbocycles. The van der Waals surface area contributed by atoms with Crippen LogP contribution in [0.3, 0.4) is 0 Å². The molecular weight excluding hydrogens is 615 g/mol. The Morgan fingerprint density at radius 3 is 2.66 bits per heavy atom. The number of benzene rings is 2.